The number of aromatic nitrogens is 2. The topological polar surface area (TPSA) is 99.3 Å². The molecule has 1 heterocycles. The number of rotatable bonds is 3. The number of halogens is 1. The number of carbonyl (C=O) groups excluding carboxylic acids is 1. The number of nitro benzene ring substituents is 1. The summed E-state index contributed by atoms with van der Waals surface area (Å²) in [6.45, 7) is 4.97. The molecule has 23 heavy (non-hydrogen) atoms. The lowest BCUT2D eigenvalue weighted by Gasteiger charge is -2.19. The molecule has 0 aliphatic heterocycles. The first-order valence-corrected chi connectivity index (χ1v) is 6.63. The van der Waals surface area contributed by atoms with Gasteiger partial charge in [0.2, 0.25) is 0 Å². The van der Waals surface area contributed by atoms with Gasteiger partial charge in [0.15, 0.2) is 5.82 Å². The molecular formula is C14H15FN4O4. The second-order valence-electron chi connectivity index (χ2n) is 5.67. The molecule has 0 saturated heterocycles. The van der Waals surface area contributed by atoms with Crippen LogP contribution in [0.25, 0.3) is 5.69 Å². The van der Waals surface area contributed by atoms with Crippen molar-refractivity contribution in [3.8, 4) is 5.69 Å². The van der Waals surface area contributed by atoms with Gasteiger partial charge in [0.1, 0.15) is 11.3 Å². The molecule has 1 amide bonds. The Kier molecular flexibility index (Phi) is 4.30. The third kappa shape index (κ3) is 4.02. The van der Waals surface area contributed by atoms with E-state index < -0.39 is 28.1 Å². The average molecular weight is 322 g/mol. The Balaban J connectivity index is 2.42. The third-order valence-corrected chi connectivity index (χ3v) is 2.68. The molecule has 2 aromatic rings. The fraction of sp³-hybridized carbons (Fsp3) is 0.286. The molecule has 1 N–H and O–H groups in total. The Morgan fingerprint density at radius 3 is 2.65 bits per heavy atom. The number of imidazole rings is 1. The van der Waals surface area contributed by atoms with E-state index in [9.17, 15) is 19.3 Å². The van der Waals surface area contributed by atoms with Gasteiger partial charge in [-0.15, -0.1) is 0 Å². The summed E-state index contributed by atoms with van der Waals surface area (Å²) in [7, 11) is 0. The van der Waals surface area contributed by atoms with Crippen molar-refractivity contribution in [1.29, 1.82) is 0 Å². The highest BCUT2D eigenvalue weighted by molar-refractivity contribution is 5.88. The number of nitro groups is 1. The minimum atomic E-state index is -0.871. The zero-order chi connectivity index (χ0) is 17.2. The van der Waals surface area contributed by atoms with E-state index in [0.29, 0.717) is 0 Å². The summed E-state index contributed by atoms with van der Waals surface area (Å²) in [6.07, 6.45) is 3.37. The van der Waals surface area contributed by atoms with Crippen molar-refractivity contribution in [3.63, 3.8) is 0 Å². The zero-order valence-electron chi connectivity index (χ0n) is 12.7. The molecule has 0 saturated carbocycles. The summed E-state index contributed by atoms with van der Waals surface area (Å²) in [6, 6.07) is 1.89. The van der Waals surface area contributed by atoms with Gasteiger partial charge in [-0.1, -0.05) is 0 Å². The van der Waals surface area contributed by atoms with Crippen LogP contribution < -0.4 is 5.32 Å². The van der Waals surface area contributed by atoms with Crippen molar-refractivity contribution in [2.75, 3.05) is 5.32 Å². The van der Waals surface area contributed by atoms with Gasteiger partial charge in [0.05, 0.1) is 23.0 Å². The van der Waals surface area contributed by atoms with Crippen molar-refractivity contribution in [3.05, 3.63) is 46.8 Å². The fourth-order valence-corrected chi connectivity index (χ4v) is 1.82. The van der Waals surface area contributed by atoms with E-state index in [0.717, 1.165) is 12.1 Å². The maximum Gasteiger partial charge on any atom is 0.412 e. The lowest BCUT2D eigenvalue weighted by atomic mass is 10.2. The van der Waals surface area contributed by atoms with Gasteiger partial charge < -0.3 is 9.30 Å². The average Bonchev–Trinajstić information content (AvgIpc) is 2.91. The van der Waals surface area contributed by atoms with Crippen molar-refractivity contribution in [2.45, 2.75) is 26.4 Å². The summed E-state index contributed by atoms with van der Waals surface area (Å²) in [5.41, 5.74) is -1.50. The lowest BCUT2D eigenvalue weighted by molar-refractivity contribution is -0.384. The number of nitrogens with zero attached hydrogens (tertiary/aromatic N) is 3. The fourth-order valence-electron chi connectivity index (χ4n) is 1.82. The quantitative estimate of drug-likeness (QED) is 0.690. The molecule has 0 unspecified atom stereocenters. The van der Waals surface area contributed by atoms with Crippen molar-refractivity contribution in [1.82, 2.24) is 9.55 Å². The van der Waals surface area contributed by atoms with Crippen LogP contribution >= 0.6 is 0 Å². The number of carbonyl (C=O) groups is 1. The maximum atomic E-state index is 14.1. The van der Waals surface area contributed by atoms with Gasteiger partial charge in [-0.2, -0.15) is 0 Å². The monoisotopic (exact) mass is 322 g/mol. The normalized spacial score (nSPS) is 11.1. The summed E-state index contributed by atoms with van der Waals surface area (Å²) < 4.78 is 20.4. The number of nitrogens with one attached hydrogen (secondary N) is 1. The molecule has 0 bridgehead atoms. The van der Waals surface area contributed by atoms with Crippen molar-refractivity contribution in [2.24, 2.45) is 0 Å². The summed E-state index contributed by atoms with van der Waals surface area (Å²) in [5.74, 6) is -0.815. The highest BCUT2D eigenvalue weighted by Crippen LogP contribution is 2.30. The summed E-state index contributed by atoms with van der Waals surface area (Å²) in [5, 5.41) is 13.3. The van der Waals surface area contributed by atoms with Crippen LogP contribution in [0.2, 0.25) is 0 Å². The molecule has 1 aromatic carbocycles. The third-order valence-electron chi connectivity index (χ3n) is 2.68. The molecule has 0 aliphatic rings. The Bertz CT molecular complexity index is 738. The minimum Gasteiger partial charge on any atom is -0.444 e. The summed E-state index contributed by atoms with van der Waals surface area (Å²) >= 11 is 0. The predicted molar refractivity (Wildman–Crippen MR) is 80.0 cm³/mol. The van der Waals surface area contributed by atoms with E-state index in [-0.39, 0.29) is 11.4 Å². The van der Waals surface area contributed by atoms with Crippen LogP contribution in [0.5, 0.6) is 0 Å². The Hall–Kier alpha value is -2.97. The number of ether oxygens (including phenoxy) is 1. The molecule has 2 rings (SSSR count). The highest BCUT2D eigenvalue weighted by Gasteiger charge is 2.23. The maximum absolute atomic E-state index is 14.1. The molecule has 1 aromatic heterocycles. The van der Waals surface area contributed by atoms with Crippen LogP contribution in [0.1, 0.15) is 20.8 Å². The van der Waals surface area contributed by atoms with Crippen molar-refractivity contribution < 1.29 is 18.8 Å². The molecule has 0 radical (unpaired) electrons. The van der Waals surface area contributed by atoms with E-state index in [2.05, 4.69) is 10.3 Å². The van der Waals surface area contributed by atoms with Gasteiger partial charge in [-0.25, -0.2) is 14.2 Å². The molecule has 8 nitrogen and oxygen atoms in total. The molecule has 0 atom stereocenters. The van der Waals surface area contributed by atoms with Crippen LogP contribution in [0.15, 0.2) is 30.9 Å². The van der Waals surface area contributed by atoms with E-state index in [4.69, 9.17) is 4.74 Å². The zero-order valence-corrected chi connectivity index (χ0v) is 12.7. The van der Waals surface area contributed by atoms with Crippen LogP contribution in [-0.4, -0.2) is 26.2 Å². The highest BCUT2D eigenvalue weighted by atomic mass is 19.1. The largest absolute Gasteiger partial charge is 0.444 e. The first kappa shape index (κ1) is 16.4. The number of hydrogen-bond acceptors (Lipinski definition) is 5. The number of anilines is 1. The molecule has 0 fully saturated rings. The molecule has 122 valence electrons. The predicted octanol–water partition coefficient (Wildman–Crippen LogP) is 3.27. The number of hydrogen-bond donors (Lipinski definition) is 1. The smallest absolute Gasteiger partial charge is 0.412 e. The first-order chi connectivity index (χ1) is 10.7. The van der Waals surface area contributed by atoms with Crippen LogP contribution in [-0.2, 0) is 4.74 Å². The van der Waals surface area contributed by atoms with E-state index in [1.807, 2.05) is 0 Å². The first-order valence-electron chi connectivity index (χ1n) is 6.63. The van der Waals surface area contributed by atoms with E-state index in [1.165, 1.54) is 23.3 Å². The molecule has 0 aliphatic carbocycles. The van der Waals surface area contributed by atoms with Gasteiger partial charge in [-0.05, 0) is 26.8 Å². The lowest BCUT2D eigenvalue weighted by Crippen LogP contribution is -2.27. The molecular weight excluding hydrogens is 307 g/mol. The standard InChI is InChI=1S/C14H15FN4O4/c1-14(2,3)23-13(20)17-10-7-11(18-5-4-16-8-18)9(15)6-12(10)19(21)22/h4-8H,1-3H3,(H,17,20). The van der Waals surface area contributed by atoms with Crippen LogP contribution in [0, 0.1) is 15.9 Å². The van der Waals surface area contributed by atoms with Gasteiger partial charge in [0, 0.05) is 12.4 Å². The number of benzene rings is 1. The molecule has 0 spiro atoms. The Morgan fingerprint density at radius 2 is 2.13 bits per heavy atom. The summed E-state index contributed by atoms with van der Waals surface area (Å²) in [4.78, 5) is 25.9. The van der Waals surface area contributed by atoms with E-state index in [1.54, 1.807) is 20.8 Å². The SMILES string of the molecule is CC(C)(C)OC(=O)Nc1cc(-n2ccnc2)c(F)cc1[N+](=O)[O-]. The van der Waals surface area contributed by atoms with Gasteiger partial charge in [-0.3, -0.25) is 15.4 Å². The van der Waals surface area contributed by atoms with Gasteiger partial charge >= 0.3 is 6.09 Å². The minimum absolute atomic E-state index is 0.0131. The van der Waals surface area contributed by atoms with Crippen molar-refractivity contribution >= 4 is 17.5 Å². The van der Waals surface area contributed by atoms with Gasteiger partial charge in [0.25, 0.3) is 5.69 Å². The number of amides is 1. The van der Waals surface area contributed by atoms with Crippen LogP contribution in [0.4, 0.5) is 20.6 Å². The second-order valence-corrected chi connectivity index (χ2v) is 5.67. The molecule has 9 heteroatoms. The second kappa shape index (κ2) is 6.03. The van der Waals surface area contributed by atoms with E-state index >= 15 is 0 Å². The van der Waals surface area contributed by atoms with Crippen LogP contribution in [0.3, 0.4) is 0 Å². The Morgan fingerprint density at radius 1 is 1.43 bits per heavy atom. The Labute approximate surface area is 131 Å².